The van der Waals surface area contributed by atoms with Gasteiger partial charge in [0, 0.05) is 17.0 Å². The van der Waals surface area contributed by atoms with E-state index in [9.17, 15) is 8.78 Å². The number of nitrogens with one attached hydrogen (secondary N) is 1. The molecule has 2 rings (SSSR count). The summed E-state index contributed by atoms with van der Waals surface area (Å²) in [5, 5.41) is 3.15. The molecule has 0 spiro atoms. The SMILES string of the molecule is Cc1c(Cl)nc(C(C)(C)C)nc1Nc1ccc(F)cc1F. The van der Waals surface area contributed by atoms with Crippen LogP contribution in [-0.4, -0.2) is 9.97 Å². The normalized spacial score (nSPS) is 11.6. The van der Waals surface area contributed by atoms with Gasteiger partial charge in [-0.25, -0.2) is 18.7 Å². The molecule has 21 heavy (non-hydrogen) atoms. The van der Waals surface area contributed by atoms with Gasteiger partial charge in [-0.3, -0.25) is 0 Å². The molecule has 1 aromatic carbocycles. The van der Waals surface area contributed by atoms with E-state index in [0.717, 1.165) is 6.07 Å². The standard InChI is InChI=1S/C15H16ClF2N3/c1-8-12(16)20-14(15(2,3)4)21-13(8)19-11-6-5-9(17)7-10(11)18/h5-7H,1-4H3,(H,19,20,21). The number of halogens is 3. The third kappa shape index (κ3) is 3.47. The lowest BCUT2D eigenvalue weighted by Crippen LogP contribution is -2.17. The Hall–Kier alpha value is -1.75. The molecule has 0 radical (unpaired) electrons. The van der Waals surface area contributed by atoms with E-state index < -0.39 is 11.6 Å². The molecule has 0 bridgehead atoms. The Balaban J connectivity index is 2.46. The molecule has 2 aromatic rings. The van der Waals surface area contributed by atoms with Crippen LogP contribution in [0.1, 0.15) is 32.2 Å². The van der Waals surface area contributed by atoms with Crippen molar-refractivity contribution < 1.29 is 8.78 Å². The van der Waals surface area contributed by atoms with Crippen LogP contribution in [0.4, 0.5) is 20.3 Å². The van der Waals surface area contributed by atoms with Gasteiger partial charge in [0.25, 0.3) is 0 Å². The van der Waals surface area contributed by atoms with Crippen molar-refractivity contribution in [2.45, 2.75) is 33.1 Å². The number of anilines is 2. The molecular weight excluding hydrogens is 296 g/mol. The second-order valence-corrected chi connectivity index (χ2v) is 6.17. The van der Waals surface area contributed by atoms with Crippen molar-refractivity contribution in [2.75, 3.05) is 5.32 Å². The monoisotopic (exact) mass is 311 g/mol. The van der Waals surface area contributed by atoms with Crippen molar-refractivity contribution in [3.63, 3.8) is 0 Å². The Morgan fingerprint density at radius 2 is 1.81 bits per heavy atom. The van der Waals surface area contributed by atoms with E-state index in [2.05, 4.69) is 15.3 Å². The molecule has 0 aliphatic heterocycles. The lowest BCUT2D eigenvalue weighted by molar-refractivity contribution is 0.545. The average Bonchev–Trinajstić information content (AvgIpc) is 2.36. The minimum atomic E-state index is -0.693. The number of nitrogens with zero attached hydrogens (tertiary/aromatic N) is 2. The first-order valence-electron chi connectivity index (χ1n) is 6.45. The van der Waals surface area contributed by atoms with E-state index in [4.69, 9.17) is 11.6 Å². The predicted octanol–water partition coefficient (Wildman–Crippen LogP) is 4.76. The summed E-state index contributed by atoms with van der Waals surface area (Å²) in [6.45, 7) is 7.60. The fourth-order valence-electron chi connectivity index (χ4n) is 1.66. The van der Waals surface area contributed by atoms with Gasteiger partial charge < -0.3 is 5.32 Å². The molecule has 0 saturated carbocycles. The minimum absolute atomic E-state index is 0.133. The molecule has 0 atom stereocenters. The minimum Gasteiger partial charge on any atom is -0.337 e. The Kier molecular flexibility index (Phi) is 4.14. The van der Waals surface area contributed by atoms with Gasteiger partial charge in [0.05, 0.1) is 5.69 Å². The number of hydrogen-bond acceptors (Lipinski definition) is 3. The molecule has 0 unspecified atom stereocenters. The van der Waals surface area contributed by atoms with Crippen molar-refractivity contribution in [3.05, 3.63) is 46.4 Å². The van der Waals surface area contributed by atoms with Crippen molar-refractivity contribution in [1.29, 1.82) is 0 Å². The van der Waals surface area contributed by atoms with Crippen LogP contribution in [-0.2, 0) is 5.41 Å². The summed E-state index contributed by atoms with van der Waals surface area (Å²) in [5.74, 6) is -0.374. The van der Waals surface area contributed by atoms with Crippen LogP contribution in [0.15, 0.2) is 18.2 Å². The van der Waals surface area contributed by atoms with Crippen LogP contribution in [0, 0.1) is 18.6 Å². The summed E-state index contributed by atoms with van der Waals surface area (Å²) < 4.78 is 26.7. The molecule has 6 heteroatoms. The molecule has 0 aliphatic rings. The second kappa shape index (κ2) is 5.56. The van der Waals surface area contributed by atoms with Crippen molar-refractivity contribution in [3.8, 4) is 0 Å². The average molecular weight is 312 g/mol. The molecule has 112 valence electrons. The molecule has 0 fully saturated rings. The zero-order valence-electron chi connectivity index (χ0n) is 12.3. The maximum atomic E-state index is 13.7. The van der Waals surface area contributed by atoms with Gasteiger partial charge in [0.2, 0.25) is 0 Å². The summed E-state index contributed by atoms with van der Waals surface area (Å²) in [6.07, 6.45) is 0. The largest absolute Gasteiger partial charge is 0.337 e. The highest BCUT2D eigenvalue weighted by molar-refractivity contribution is 6.30. The highest BCUT2D eigenvalue weighted by Crippen LogP contribution is 2.28. The summed E-state index contributed by atoms with van der Waals surface area (Å²) in [5.41, 5.74) is 0.442. The number of hydrogen-bond donors (Lipinski definition) is 1. The Morgan fingerprint density at radius 3 is 2.38 bits per heavy atom. The molecule has 0 aliphatic carbocycles. The fourth-order valence-corrected chi connectivity index (χ4v) is 1.83. The van der Waals surface area contributed by atoms with Gasteiger partial charge in [-0.15, -0.1) is 0 Å². The lowest BCUT2D eigenvalue weighted by Gasteiger charge is -2.19. The highest BCUT2D eigenvalue weighted by atomic mass is 35.5. The highest BCUT2D eigenvalue weighted by Gasteiger charge is 2.21. The van der Waals surface area contributed by atoms with E-state index in [1.54, 1.807) is 6.92 Å². The Morgan fingerprint density at radius 1 is 1.14 bits per heavy atom. The Bertz CT molecular complexity index is 681. The third-order valence-corrected chi connectivity index (χ3v) is 3.31. The van der Waals surface area contributed by atoms with Crippen molar-refractivity contribution in [1.82, 2.24) is 9.97 Å². The predicted molar refractivity (Wildman–Crippen MR) is 80.1 cm³/mol. The lowest BCUT2D eigenvalue weighted by atomic mass is 9.95. The van der Waals surface area contributed by atoms with Crippen molar-refractivity contribution >= 4 is 23.1 Å². The summed E-state index contributed by atoms with van der Waals surface area (Å²) in [4.78, 5) is 8.64. The molecular formula is C15H16ClF2N3. The van der Waals surface area contributed by atoms with Gasteiger partial charge in [0.15, 0.2) is 0 Å². The van der Waals surface area contributed by atoms with Crippen LogP contribution in [0.25, 0.3) is 0 Å². The van der Waals surface area contributed by atoms with E-state index in [1.807, 2.05) is 20.8 Å². The summed E-state index contributed by atoms with van der Waals surface area (Å²) in [6, 6.07) is 3.30. The molecule has 1 aromatic heterocycles. The summed E-state index contributed by atoms with van der Waals surface area (Å²) >= 11 is 6.11. The smallest absolute Gasteiger partial charge is 0.149 e. The van der Waals surface area contributed by atoms with Crippen LogP contribution in [0.5, 0.6) is 0 Å². The van der Waals surface area contributed by atoms with E-state index in [1.165, 1.54) is 12.1 Å². The van der Waals surface area contributed by atoms with E-state index in [-0.39, 0.29) is 11.1 Å². The Labute approximate surface area is 127 Å². The van der Waals surface area contributed by atoms with Crippen LogP contribution >= 0.6 is 11.6 Å². The quantitative estimate of drug-likeness (QED) is 0.813. The maximum absolute atomic E-state index is 13.7. The van der Waals surface area contributed by atoms with Crippen LogP contribution in [0.3, 0.4) is 0 Å². The maximum Gasteiger partial charge on any atom is 0.149 e. The van der Waals surface area contributed by atoms with Gasteiger partial charge in [0.1, 0.15) is 28.4 Å². The van der Waals surface area contributed by atoms with Crippen LogP contribution in [0.2, 0.25) is 5.15 Å². The molecule has 1 N–H and O–H groups in total. The van der Waals surface area contributed by atoms with Gasteiger partial charge >= 0.3 is 0 Å². The third-order valence-electron chi connectivity index (χ3n) is 2.94. The fraction of sp³-hybridized carbons (Fsp3) is 0.333. The zero-order valence-corrected chi connectivity index (χ0v) is 13.0. The van der Waals surface area contributed by atoms with Crippen LogP contribution < -0.4 is 5.32 Å². The molecule has 0 saturated heterocycles. The number of aromatic nitrogens is 2. The second-order valence-electron chi connectivity index (χ2n) is 5.81. The van der Waals surface area contributed by atoms with Gasteiger partial charge in [-0.1, -0.05) is 32.4 Å². The molecule has 1 heterocycles. The van der Waals surface area contributed by atoms with Gasteiger partial charge in [-0.05, 0) is 19.1 Å². The van der Waals surface area contributed by atoms with Gasteiger partial charge in [-0.2, -0.15) is 0 Å². The number of rotatable bonds is 2. The summed E-state index contributed by atoms with van der Waals surface area (Å²) in [7, 11) is 0. The first-order chi connectivity index (χ1) is 9.68. The molecule has 0 amide bonds. The van der Waals surface area contributed by atoms with E-state index in [0.29, 0.717) is 22.4 Å². The van der Waals surface area contributed by atoms with E-state index >= 15 is 0 Å². The topological polar surface area (TPSA) is 37.8 Å². The zero-order chi connectivity index (χ0) is 15.8. The van der Waals surface area contributed by atoms with Crippen molar-refractivity contribution in [2.24, 2.45) is 0 Å². The first-order valence-corrected chi connectivity index (χ1v) is 6.83. The molecule has 3 nitrogen and oxygen atoms in total. The number of benzene rings is 1. The first kappa shape index (κ1) is 15.6.